The van der Waals surface area contributed by atoms with Gasteiger partial charge in [0.1, 0.15) is 5.75 Å². The van der Waals surface area contributed by atoms with Crippen LogP contribution in [0.5, 0.6) is 5.75 Å². The molecule has 2 N–H and O–H groups in total. The summed E-state index contributed by atoms with van der Waals surface area (Å²) >= 11 is 0. The van der Waals surface area contributed by atoms with Crippen LogP contribution in [0, 0.1) is 5.92 Å². The minimum atomic E-state index is 0.423. The van der Waals surface area contributed by atoms with Crippen LogP contribution in [0.2, 0.25) is 0 Å². The number of unbranched alkanes of at least 4 members (excludes halogenated alkanes) is 1. The van der Waals surface area contributed by atoms with Crippen molar-refractivity contribution in [3.8, 4) is 5.75 Å². The van der Waals surface area contributed by atoms with Gasteiger partial charge in [0.25, 0.3) is 0 Å². The van der Waals surface area contributed by atoms with Gasteiger partial charge in [-0.3, -0.25) is 9.89 Å². The minimum Gasteiger partial charge on any atom is -0.497 e. The van der Waals surface area contributed by atoms with E-state index in [2.05, 4.69) is 63.7 Å². The molecule has 0 aliphatic carbocycles. The van der Waals surface area contributed by atoms with Crippen LogP contribution in [0.3, 0.4) is 0 Å². The van der Waals surface area contributed by atoms with Gasteiger partial charge in [0, 0.05) is 38.8 Å². The number of likely N-dealkylation sites (tertiary alicyclic amines) is 2. The van der Waals surface area contributed by atoms with Gasteiger partial charge in [-0.1, -0.05) is 25.5 Å². The number of nitrogens with one attached hydrogen (secondary N) is 2. The number of benzene rings is 1. The molecule has 6 heteroatoms. The Labute approximate surface area is 189 Å². The molecular formula is C25H43N5O. The fraction of sp³-hybridized carbons (Fsp3) is 0.720. The molecule has 0 radical (unpaired) electrons. The largest absolute Gasteiger partial charge is 0.497 e. The molecule has 2 aliphatic rings. The van der Waals surface area contributed by atoms with Crippen LogP contribution >= 0.6 is 0 Å². The smallest absolute Gasteiger partial charge is 0.191 e. The standard InChI is InChI=1S/C25H43N5O/c1-5-6-16-30-17-13-22(14-18-30)28-25(26-2)27-19-21-8-7-15-29(3)24(21)20-9-11-23(31-4)12-10-20/h9-12,21-22,24H,5-8,13-19H2,1-4H3,(H2,26,27,28). The summed E-state index contributed by atoms with van der Waals surface area (Å²) in [6.45, 7) is 8.00. The number of hydrogen-bond acceptors (Lipinski definition) is 4. The molecule has 1 aromatic rings. The van der Waals surface area contributed by atoms with Gasteiger partial charge in [-0.2, -0.15) is 0 Å². The predicted molar refractivity (Wildman–Crippen MR) is 130 cm³/mol. The molecule has 0 saturated carbocycles. The number of rotatable bonds is 8. The van der Waals surface area contributed by atoms with Crippen molar-refractivity contribution in [3.63, 3.8) is 0 Å². The Bertz CT molecular complexity index is 669. The Balaban J connectivity index is 1.52. The van der Waals surface area contributed by atoms with Crippen LogP contribution in [0.25, 0.3) is 0 Å². The topological polar surface area (TPSA) is 52.1 Å². The van der Waals surface area contributed by atoms with Crippen LogP contribution in [-0.4, -0.2) is 75.7 Å². The first-order chi connectivity index (χ1) is 15.1. The van der Waals surface area contributed by atoms with Crippen molar-refractivity contribution in [1.82, 2.24) is 20.4 Å². The zero-order chi connectivity index (χ0) is 22.1. The highest BCUT2D eigenvalue weighted by Gasteiger charge is 2.30. The average molecular weight is 430 g/mol. The number of guanidine groups is 1. The maximum Gasteiger partial charge on any atom is 0.191 e. The number of nitrogens with zero attached hydrogens (tertiary/aromatic N) is 3. The van der Waals surface area contributed by atoms with Gasteiger partial charge < -0.3 is 20.3 Å². The Morgan fingerprint density at radius 3 is 2.52 bits per heavy atom. The van der Waals surface area contributed by atoms with Crippen LogP contribution in [0.15, 0.2) is 29.3 Å². The third-order valence-electron chi connectivity index (χ3n) is 6.98. The molecule has 0 amide bonds. The van der Waals surface area contributed by atoms with Gasteiger partial charge in [0.15, 0.2) is 5.96 Å². The van der Waals surface area contributed by atoms with E-state index in [-0.39, 0.29) is 0 Å². The first-order valence-electron chi connectivity index (χ1n) is 12.2. The molecule has 2 fully saturated rings. The number of piperidine rings is 2. The number of methoxy groups -OCH3 is 1. The van der Waals surface area contributed by atoms with E-state index in [4.69, 9.17) is 4.74 Å². The molecule has 6 nitrogen and oxygen atoms in total. The summed E-state index contributed by atoms with van der Waals surface area (Å²) in [6, 6.07) is 9.54. The number of ether oxygens (including phenoxy) is 1. The van der Waals surface area contributed by atoms with E-state index in [1.807, 2.05) is 7.05 Å². The number of hydrogen-bond donors (Lipinski definition) is 2. The summed E-state index contributed by atoms with van der Waals surface area (Å²) in [4.78, 5) is 9.63. The van der Waals surface area contributed by atoms with Crippen molar-refractivity contribution in [1.29, 1.82) is 0 Å². The van der Waals surface area contributed by atoms with Crippen molar-refractivity contribution in [2.45, 2.75) is 57.5 Å². The first kappa shape index (κ1) is 23.9. The zero-order valence-corrected chi connectivity index (χ0v) is 20.1. The molecule has 174 valence electrons. The number of aliphatic imine (C=N–C) groups is 1. The molecule has 3 rings (SSSR count). The van der Waals surface area contributed by atoms with Gasteiger partial charge in [-0.15, -0.1) is 0 Å². The van der Waals surface area contributed by atoms with Gasteiger partial charge in [-0.05, 0) is 75.9 Å². The molecule has 2 saturated heterocycles. The molecule has 1 aromatic carbocycles. The lowest BCUT2D eigenvalue weighted by atomic mass is 9.85. The SMILES string of the molecule is CCCCN1CCC(NC(=NC)NCC2CCCN(C)C2c2ccc(OC)cc2)CC1. The molecule has 31 heavy (non-hydrogen) atoms. The molecule has 2 atom stereocenters. The second kappa shape index (κ2) is 12.3. The summed E-state index contributed by atoms with van der Waals surface area (Å²) < 4.78 is 5.35. The summed E-state index contributed by atoms with van der Waals surface area (Å²) in [6.07, 6.45) is 7.48. The summed E-state index contributed by atoms with van der Waals surface area (Å²) in [5, 5.41) is 7.33. The second-order valence-corrected chi connectivity index (χ2v) is 9.17. The normalized spacial score (nSPS) is 24.2. The molecule has 2 heterocycles. The summed E-state index contributed by atoms with van der Waals surface area (Å²) in [5.74, 6) is 2.43. The van der Waals surface area contributed by atoms with Crippen LogP contribution in [-0.2, 0) is 0 Å². The van der Waals surface area contributed by atoms with Crippen LogP contribution in [0.1, 0.15) is 57.1 Å². The molecule has 0 bridgehead atoms. The van der Waals surface area contributed by atoms with E-state index in [0.29, 0.717) is 18.0 Å². The molecule has 2 aliphatic heterocycles. The van der Waals surface area contributed by atoms with Crippen molar-refractivity contribution >= 4 is 5.96 Å². The van der Waals surface area contributed by atoms with Gasteiger partial charge in [-0.25, -0.2) is 0 Å². The Morgan fingerprint density at radius 2 is 1.87 bits per heavy atom. The Hall–Kier alpha value is -1.79. The lowest BCUT2D eigenvalue weighted by Gasteiger charge is -2.40. The Kier molecular flexibility index (Phi) is 9.47. The predicted octanol–water partition coefficient (Wildman–Crippen LogP) is 3.51. The maximum atomic E-state index is 5.35. The zero-order valence-electron chi connectivity index (χ0n) is 20.1. The molecule has 0 spiro atoms. The minimum absolute atomic E-state index is 0.423. The van der Waals surface area contributed by atoms with Gasteiger partial charge in [0.05, 0.1) is 7.11 Å². The first-order valence-corrected chi connectivity index (χ1v) is 12.2. The van der Waals surface area contributed by atoms with Crippen molar-refractivity contribution < 1.29 is 4.74 Å². The highest BCUT2D eigenvalue weighted by Crippen LogP contribution is 2.35. The third-order valence-corrected chi connectivity index (χ3v) is 6.98. The van der Waals surface area contributed by atoms with Crippen molar-refractivity contribution in [3.05, 3.63) is 29.8 Å². The van der Waals surface area contributed by atoms with E-state index in [0.717, 1.165) is 24.8 Å². The summed E-state index contributed by atoms with van der Waals surface area (Å²) in [5.41, 5.74) is 1.37. The van der Waals surface area contributed by atoms with Gasteiger partial charge in [0.2, 0.25) is 0 Å². The van der Waals surface area contributed by atoms with Crippen LogP contribution in [0.4, 0.5) is 0 Å². The molecule has 0 aromatic heterocycles. The third kappa shape index (κ3) is 6.84. The average Bonchev–Trinajstić information content (AvgIpc) is 2.81. The molecular weight excluding hydrogens is 386 g/mol. The van der Waals surface area contributed by atoms with E-state index < -0.39 is 0 Å². The quantitative estimate of drug-likeness (QED) is 0.489. The highest BCUT2D eigenvalue weighted by atomic mass is 16.5. The van der Waals surface area contributed by atoms with Crippen molar-refractivity contribution in [2.24, 2.45) is 10.9 Å². The molecule has 2 unspecified atom stereocenters. The van der Waals surface area contributed by atoms with E-state index >= 15 is 0 Å². The lowest BCUT2D eigenvalue weighted by Crippen LogP contribution is -2.50. The van der Waals surface area contributed by atoms with E-state index in [9.17, 15) is 0 Å². The fourth-order valence-corrected chi connectivity index (χ4v) is 5.10. The fourth-order valence-electron chi connectivity index (χ4n) is 5.10. The lowest BCUT2D eigenvalue weighted by molar-refractivity contribution is 0.122. The Morgan fingerprint density at radius 1 is 1.13 bits per heavy atom. The van der Waals surface area contributed by atoms with Gasteiger partial charge >= 0.3 is 0 Å². The maximum absolute atomic E-state index is 5.35. The monoisotopic (exact) mass is 429 g/mol. The summed E-state index contributed by atoms with van der Waals surface area (Å²) in [7, 11) is 5.86. The van der Waals surface area contributed by atoms with E-state index in [1.54, 1.807) is 7.11 Å². The van der Waals surface area contributed by atoms with Crippen LogP contribution < -0.4 is 15.4 Å². The van der Waals surface area contributed by atoms with Crippen molar-refractivity contribution in [2.75, 3.05) is 53.9 Å². The highest BCUT2D eigenvalue weighted by molar-refractivity contribution is 5.80. The second-order valence-electron chi connectivity index (χ2n) is 9.17. The van der Waals surface area contributed by atoms with E-state index in [1.165, 1.54) is 63.7 Å².